The highest BCUT2D eigenvalue weighted by molar-refractivity contribution is 6.42. The van der Waals surface area contributed by atoms with Gasteiger partial charge in [0.15, 0.2) is 0 Å². The summed E-state index contributed by atoms with van der Waals surface area (Å²) in [6.45, 7) is 5.03. The molecule has 0 saturated heterocycles. The van der Waals surface area contributed by atoms with Crippen LogP contribution in [-0.2, 0) is 16.0 Å². The fraction of sp³-hybridized carbons (Fsp3) is 0.474. The first kappa shape index (κ1) is 20.0. The normalized spacial score (nSPS) is 16.7. The van der Waals surface area contributed by atoms with Gasteiger partial charge in [-0.1, -0.05) is 35.3 Å². The number of rotatable bonds is 7. The smallest absolute Gasteiger partial charge is 0.224 e. The molecule has 0 spiro atoms. The maximum Gasteiger partial charge on any atom is 0.224 e. The van der Waals surface area contributed by atoms with E-state index in [9.17, 15) is 9.59 Å². The molecule has 136 valence electrons. The first-order chi connectivity index (χ1) is 11.9. The van der Waals surface area contributed by atoms with Gasteiger partial charge in [-0.3, -0.25) is 14.5 Å². The number of hydrogen-bond acceptors (Lipinski definition) is 3. The Balaban J connectivity index is 1.99. The molecule has 0 radical (unpaired) electrons. The number of halogens is 2. The molecule has 25 heavy (non-hydrogen) atoms. The van der Waals surface area contributed by atoms with Gasteiger partial charge in [-0.15, -0.1) is 6.58 Å². The van der Waals surface area contributed by atoms with Crippen LogP contribution in [0, 0.1) is 0 Å². The van der Waals surface area contributed by atoms with E-state index in [0.717, 1.165) is 24.9 Å². The summed E-state index contributed by atoms with van der Waals surface area (Å²) in [7, 11) is 2.02. The molecular weight excluding hydrogens is 359 g/mol. The Hall–Kier alpha value is -1.36. The molecule has 2 rings (SSSR count). The Morgan fingerprint density at radius 1 is 1.32 bits per heavy atom. The van der Waals surface area contributed by atoms with Crippen molar-refractivity contribution in [3.8, 4) is 0 Å². The summed E-state index contributed by atoms with van der Waals surface area (Å²) < 4.78 is 0. The van der Waals surface area contributed by atoms with Crippen molar-refractivity contribution in [2.24, 2.45) is 0 Å². The van der Waals surface area contributed by atoms with Gasteiger partial charge in [-0.2, -0.15) is 0 Å². The van der Waals surface area contributed by atoms with Crippen molar-refractivity contribution in [3.63, 3.8) is 0 Å². The Morgan fingerprint density at radius 2 is 2.00 bits per heavy atom. The van der Waals surface area contributed by atoms with Crippen LogP contribution >= 0.6 is 23.2 Å². The van der Waals surface area contributed by atoms with Crippen molar-refractivity contribution in [2.45, 2.75) is 37.6 Å². The highest BCUT2D eigenvalue weighted by atomic mass is 35.5. The number of amides is 1. The lowest BCUT2D eigenvalue weighted by Gasteiger charge is -2.44. The number of benzene rings is 1. The molecule has 1 aliphatic carbocycles. The fourth-order valence-electron chi connectivity index (χ4n) is 3.24. The van der Waals surface area contributed by atoms with E-state index in [0.29, 0.717) is 35.2 Å². The zero-order valence-corrected chi connectivity index (χ0v) is 16.0. The zero-order valence-electron chi connectivity index (χ0n) is 14.5. The second-order valence-corrected chi connectivity index (χ2v) is 7.45. The van der Waals surface area contributed by atoms with E-state index in [1.54, 1.807) is 18.2 Å². The van der Waals surface area contributed by atoms with Crippen molar-refractivity contribution >= 4 is 34.9 Å². The van der Waals surface area contributed by atoms with Gasteiger partial charge >= 0.3 is 0 Å². The lowest BCUT2D eigenvalue weighted by Crippen LogP contribution is -2.56. The quantitative estimate of drug-likeness (QED) is 0.732. The summed E-state index contributed by atoms with van der Waals surface area (Å²) in [5.74, 6) is 0.228. The largest absolute Gasteiger partial charge is 0.354 e. The summed E-state index contributed by atoms with van der Waals surface area (Å²) in [5.41, 5.74) is 0.620. The monoisotopic (exact) mass is 382 g/mol. The van der Waals surface area contributed by atoms with Gasteiger partial charge < -0.3 is 5.32 Å². The molecular formula is C19H24Cl2N2O2. The third-order valence-corrected chi connectivity index (χ3v) is 5.65. The number of carbonyl (C=O) groups is 2. The average molecular weight is 383 g/mol. The lowest BCUT2D eigenvalue weighted by atomic mass is 9.79. The Labute approximate surface area is 159 Å². The molecule has 1 aromatic carbocycles. The molecule has 0 heterocycles. The Kier molecular flexibility index (Phi) is 7.05. The molecule has 1 N–H and O–H groups in total. The number of nitrogens with zero attached hydrogens (tertiary/aromatic N) is 1. The van der Waals surface area contributed by atoms with Gasteiger partial charge in [-0.25, -0.2) is 0 Å². The summed E-state index contributed by atoms with van der Waals surface area (Å²) >= 11 is 11.9. The van der Waals surface area contributed by atoms with Crippen LogP contribution in [0.3, 0.4) is 0 Å². The van der Waals surface area contributed by atoms with E-state index in [2.05, 4.69) is 16.8 Å². The highest BCUT2D eigenvalue weighted by Crippen LogP contribution is 2.31. The molecule has 0 aliphatic heterocycles. The van der Waals surface area contributed by atoms with Crippen LogP contribution in [0.1, 0.15) is 31.2 Å². The molecule has 0 unspecified atom stereocenters. The SMILES string of the molecule is C=CCN(C)C1(CNC(=O)Cc2ccc(Cl)c(Cl)c2)CCC(=O)CC1. The molecule has 0 atom stereocenters. The van der Waals surface area contributed by atoms with Crippen LogP contribution in [-0.4, -0.2) is 42.3 Å². The van der Waals surface area contributed by atoms with E-state index >= 15 is 0 Å². The number of carbonyl (C=O) groups excluding carboxylic acids is 2. The van der Waals surface area contributed by atoms with Gasteiger partial charge in [0.05, 0.1) is 16.5 Å². The molecule has 1 aliphatic rings. The molecule has 6 heteroatoms. The van der Waals surface area contributed by atoms with Gasteiger partial charge in [0.1, 0.15) is 5.78 Å². The lowest BCUT2D eigenvalue weighted by molar-refractivity contribution is -0.123. The number of Topliss-reactive ketones (excluding diaryl/α,β-unsaturated/α-hetero) is 1. The summed E-state index contributed by atoms with van der Waals surface area (Å²) in [4.78, 5) is 26.2. The Bertz CT molecular complexity index is 651. The zero-order chi connectivity index (χ0) is 18.4. The van der Waals surface area contributed by atoms with Gasteiger partial charge in [0, 0.05) is 31.5 Å². The predicted molar refractivity (Wildman–Crippen MR) is 102 cm³/mol. The third kappa shape index (κ3) is 5.30. The maximum atomic E-state index is 12.3. The van der Waals surface area contributed by atoms with Crippen LogP contribution < -0.4 is 5.32 Å². The van der Waals surface area contributed by atoms with Crippen LogP contribution in [0.25, 0.3) is 0 Å². The molecule has 4 nitrogen and oxygen atoms in total. The first-order valence-electron chi connectivity index (χ1n) is 8.41. The average Bonchev–Trinajstić information content (AvgIpc) is 2.58. The van der Waals surface area contributed by atoms with Crippen LogP contribution in [0.15, 0.2) is 30.9 Å². The summed E-state index contributed by atoms with van der Waals surface area (Å²) in [6, 6.07) is 5.20. The molecule has 1 amide bonds. The Morgan fingerprint density at radius 3 is 2.60 bits per heavy atom. The number of ketones is 1. The summed E-state index contributed by atoms with van der Waals surface area (Å²) in [6.07, 6.45) is 4.72. The standard InChI is InChI=1S/C19H24Cl2N2O2/c1-3-10-23(2)19(8-6-15(24)7-9-19)13-22-18(25)12-14-4-5-16(20)17(21)11-14/h3-5,11H,1,6-10,12-13H2,2H3,(H,22,25). The molecule has 0 aromatic heterocycles. The number of hydrogen-bond donors (Lipinski definition) is 1. The van der Waals surface area contributed by atoms with Gasteiger partial charge in [0.2, 0.25) is 5.91 Å². The van der Waals surface area contributed by atoms with E-state index in [-0.39, 0.29) is 17.9 Å². The summed E-state index contributed by atoms with van der Waals surface area (Å²) in [5, 5.41) is 3.95. The van der Waals surface area contributed by atoms with E-state index in [1.165, 1.54) is 0 Å². The van der Waals surface area contributed by atoms with E-state index in [4.69, 9.17) is 23.2 Å². The molecule has 1 fully saturated rings. The maximum absolute atomic E-state index is 12.3. The fourth-order valence-corrected chi connectivity index (χ4v) is 3.56. The van der Waals surface area contributed by atoms with Crippen molar-refractivity contribution in [3.05, 3.63) is 46.5 Å². The first-order valence-corrected chi connectivity index (χ1v) is 9.16. The van der Waals surface area contributed by atoms with Crippen molar-refractivity contribution in [1.29, 1.82) is 0 Å². The van der Waals surface area contributed by atoms with Crippen LogP contribution in [0.5, 0.6) is 0 Å². The molecule has 1 saturated carbocycles. The molecule has 1 aromatic rings. The minimum Gasteiger partial charge on any atom is -0.354 e. The number of likely N-dealkylation sites (N-methyl/N-ethyl adjacent to an activating group) is 1. The van der Waals surface area contributed by atoms with Crippen molar-refractivity contribution in [1.82, 2.24) is 10.2 Å². The van der Waals surface area contributed by atoms with Crippen LogP contribution in [0.2, 0.25) is 10.0 Å². The second-order valence-electron chi connectivity index (χ2n) is 6.63. The second kappa shape index (κ2) is 8.84. The topological polar surface area (TPSA) is 49.4 Å². The minimum atomic E-state index is -0.199. The molecule has 0 bridgehead atoms. The van der Waals surface area contributed by atoms with E-state index in [1.807, 2.05) is 13.1 Å². The number of nitrogens with one attached hydrogen (secondary N) is 1. The third-order valence-electron chi connectivity index (χ3n) is 4.91. The van der Waals surface area contributed by atoms with Crippen molar-refractivity contribution < 1.29 is 9.59 Å². The van der Waals surface area contributed by atoms with Gasteiger partial charge in [-0.05, 0) is 37.6 Å². The van der Waals surface area contributed by atoms with Crippen molar-refractivity contribution in [2.75, 3.05) is 20.1 Å². The van der Waals surface area contributed by atoms with Crippen LogP contribution in [0.4, 0.5) is 0 Å². The minimum absolute atomic E-state index is 0.0679. The highest BCUT2D eigenvalue weighted by Gasteiger charge is 2.38. The predicted octanol–water partition coefficient (Wildman–Crippen LogP) is 3.65. The van der Waals surface area contributed by atoms with Gasteiger partial charge in [0.25, 0.3) is 0 Å². The van der Waals surface area contributed by atoms with E-state index < -0.39 is 0 Å².